The van der Waals surface area contributed by atoms with Crippen molar-refractivity contribution in [3.63, 3.8) is 0 Å². The third-order valence-electron chi connectivity index (χ3n) is 2.80. The van der Waals surface area contributed by atoms with Crippen molar-refractivity contribution < 1.29 is 14.6 Å². The molecule has 3 nitrogen and oxygen atoms in total. The van der Waals surface area contributed by atoms with Crippen molar-refractivity contribution in [1.29, 1.82) is 0 Å². The Morgan fingerprint density at radius 1 is 1.17 bits per heavy atom. The first-order valence-corrected chi connectivity index (χ1v) is 6.97. The standard InChI is InChI=1S/C14H21BrO3/c1-17-8-9-18-7-6-13(11-16)10-12-2-4-14(15)5-3-12/h2-5,13,16H,6-11H2,1H3. The van der Waals surface area contributed by atoms with Gasteiger partial charge in [0.25, 0.3) is 0 Å². The van der Waals surface area contributed by atoms with E-state index in [-0.39, 0.29) is 12.5 Å². The molecule has 1 aromatic carbocycles. The van der Waals surface area contributed by atoms with Crippen molar-refractivity contribution in [1.82, 2.24) is 0 Å². The molecule has 0 bridgehead atoms. The van der Waals surface area contributed by atoms with E-state index in [0.717, 1.165) is 17.3 Å². The normalized spacial score (nSPS) is 12.6. The Morgan fingerprint density at radius 2 is 1.89 bits per heavy atom. The second kappa shape index (κ2) is 9.50. The highest BCUT2D eigenvalue weighted by atomic mass is 79.9. The number of rotatable bonds is 9. The van der Waals surface area contributed by atoms with Gasteiger partial charge in [-0.15, -0.1) is 0 Å². The maximum absolute atomic E-state index is 9.36. The number of hydrogen-bond donors (Lipinski definition) is 1. The first kappa shape index (κ1) is 15.6. The average Bonchev–Trinajstić information content (AvgIpc) is 2.39. The molecule has 0 amide bonds. The zero-order chi connectivity index (χ0) is 13.2. The van der Waals surface area contributed by atoms with E-state index in [0.29, 0.717) is 19.8 Å². The van der Waals surface area contributed by atoms with Crippen LogP contribution in [0, 0.1) is 5.92 Å². The van der Waals surface area contributed by atoms with E-state index in [4.69, 9.17) is 9.47 Å². The van der Waals surface area contributed by atoms with E-state index in [2.05, 4.69) is 28.1 Å². The molecule has 0 radical (unpaired) electrons. The van der Waals surface area contributed by atoms with Gasteiger partial charge >= 0.3 is 0 Å². The van der Waals surface area contributed by atoms with Gasteiger partial charge in [0.1, 0.15) is 0 Å². The molecule has 0 aliphatic carbocycles. The fourth-order valence-electron chi connectivity index (χ4n) is 1.71. The van der Waals surface area contributed by atoms with Crippen molar-refractivity contribution in [2.45, 2.75) is 12.8 Å². The second-order valence-corrected chi connectivity index (χ2v) is 5.19. The Hall–Kier alpha value is -0.420. The maximum Gasteiger partial charge on any atom is 0.0700 e. The van der Waals surface area contributed by atoms with Gasteiger partial charge in [-0.25, -0.2) is 0 Å². The zero-order valence-corrected chi connectivity index (χ0v) is 12.4. The summed E-state index contributed by atoms with van der Waals surface area (Å²) >= 11 is 3.41. The molecule has 1 N–H and O–H groups in total. The summed E-state index contributed by atoms with van der Waals surface area (Å²) in [6.07, 6.45) is 1.76. The lowest BCUT2D eigenvalue weighted by Gasteiger charge is -2.14. The van der Waals surface area contributed by atoms with Gasteiger partial charge in [-0.1, -0.05) is 28.1 Å². The third kappa shape index (κ3) is 6.50. The van der Waals surface area contributed by atoms with Crippen LogP contribution in [0.3, 0.4) is 0 Å². The summed E-state index contributed by atoms with van der Waals surface area (Å²) in [5, 5.41) is 9.36. The molecule has 4 heteroatoms. The Kier molecular flexibility index (Phi) is 8.25. The van der Waals surface area contributed by atoms with Gasteiger partial charge in [-0.2, -0.15) is 0 Å². The molecule has 102 valence electrons. The van der Waals surface area contributed by atoms with Crippen LogP contribution >= 0.6 is 15.9 Å². The third-order valence-corrected chi connectivity index (χ3v) is 3.33. The highest BCUT2D eigenvalue weighted by Gasteiger charge is 2.08. The summed E-state index contributed by atoms with van der Waals surface area (Å²) in [7, 11) is 1.66. The maximum atomic E-state index is 9.36. The molecule has 1 aromatic rings. The van der Waals surface area contributed by atoms with E-state index < -0.39 is 0 Å². The van der Waals surface area contributed by atoms with Gasteiger partial charge in [0.2, 0.25) is 0 Å². The van der Waals surface area contributed by atoms with Crippen LogP contribution in [0.1, 0.15) is 12.0 Å². The fourth-order valence-corrected chi connectivity index (χ4v) is 1.97. The van der Waals surface area contributed by atoms with E-state index in [1.165, 1.54) is 5.56 Å². The van der Waals surface area contributed by atoms with Crippen LogP contribution in [-0.2, 0) is 15.9 Å². The highest BCUT2D eigenvalue weighted by molar-refractivity contribution is 9.10. The molecule has 18 heavy (non-hydrogen) atoms. The molecule has 0 aliphatic heterocycles. The number of halogens is 1. The largest absolute Gasteiger partial charge is 0.396 e. The first-order chi connectivity index (χ1) is 8.76. The van der Waals surface area contributed by atoms with Crippen LogP contribution in [0.25, 0.3) is 0 Å². The Balaban J connectivity index is 2.26. The number of hydrogen-bond acceptors (Lipinski definition) is 3. The van der Waals surface area contributed by atoms with Crippen LogP contribution in [-0.4, -0.2) is 38.6 Å². The monoisotopic (exact) mass is 316 g/mol. The van der Waals surface area contributed by atoms with Gasteiger partial charge in [-0.3, -0.25) is 0 Å². The fraction of sp³-hybridized carbons (Fsp3) is 0.571. The summed E-state index contributed by atoms with van der Waals surface area (Å²) < 4.78 is 11.4. The Bertz CT molecular complexity index is 313. The number of methoxy groups -OCH3 is 1. The summed E-state index contributed by atoms with van der Waals surface area (Å²) in [6, 6.07) is 8.22. The Morgan fingerprint density at radius 3 is 2.50 bits per heavy atom. The summed E-state index contributed by atoms with van der Waals surface area (Å²) in [6.45, 7) is 2.11. The van der Waals surface area contributed by atoms with Crippen molar-refractivity contribution in [3.05, 3.63) is 34.3 Å². The number of aliphatic hydroxyl groups is 1. The molecule has 1 rings (SSSR count). The summed E-state index contributed by atoms with van der Waals surface area (Å²) in [4.78, 5) is 0. The van der Waals surface area contributed by atoms with E-state index in [1.807, 2.05) is 12.1 Å². The predicted octanol–water partition coefficient (Wildman–Crippen LogP) is 2.65. The zero-order valence-electron chi connectivity index (χ0n) is 10.8. The predicted molar refractivity (Wildman–Crippen MR) is 75.7 cm³/mol. The van der Waals surface area contributed by atoms with Crippen molar-refractivity contribution in [3.8, 4) is 0 Å². The van der Waals surface area contributed by atoms with Crippen LogP contribution in [0.4, 0.5) is 0 Å². The first-order valence-electron chi connectivity index (χ1n) is 6.18. The lowest BCUT2D eigenvalue weighted by atomic mass is 9.97. The van der Waals surface area contributed by atoms with Crippen LogP contribution in [0.15, 0.2) is 28.7 Å². The second-order valence-electron chi connectivity index (χ2n) is 4.27. The summed E-state index contributed by atoms with van der Waals surface area (Å²) in [5.74, 6) is 0.258. The van der Waals surface area contributed by atoms with Crippen molar-refractivity contribution in [2.75, 3.05) is 33.5 Å². The lowest BCUT2D eigenvalue weighted by Crippen LogP contribution is -2.14. The smallest absolute Gasteiger partial charge is 0.0700 e. The van der Waals surface area contributed by atoms with Gasteiger partial charge in [0.05, 0.1) is 13.2 Å². The molecule has 0 heterocycles. The van der Waals surface area contributed by atoms with Crippen LogP contribution < -0.4 is 0 Å². The van der Waals surface area contributed by atoms with Crippen molar-refractivity contribution in [2.24, 2.45) is 5.92 Å². The van der Waals surface area contributed by atoms with Crippen LogP contribution in [0.5, 0.6) is 0 Å². The van der Waals surface area contributed by atoms with Crippen LogP contribution in [0.2, 0.25) is 0 Å². The molecule has 0 aliphatic rings. The molecule has 1 atom stereocenters. The molecule has 0 fully saturated rings. The number of ether oxygens (including phenoxy) is 2. The molecule has 1 unspecified atom stereocenters. The van der Waals surface area contributed by atoms with Gasteiger partial charge in [0.15, 0.2) is 0 Å². The van der Waals surface area contributed by atoms with E-state index in [9.17, 15) is 5.11 Å². The quantitative estimate of drug-likeness (QED) is 0.712. The van der Waals surface area contributed by atoms with E-state index >= 15 is 0 Å². The highest BCUT2D eigenvalue weighted by Crippen LogP contribution is 2.15. The number of benzene rings is 1. The minimum atomic E-state index is 0.198. The molecule has 0 saturated carbocycles. The van der Waals surface area contributed by atoms with Gasteiger partial charge in [-0.05, 0) is 36.5 Å². The van der Waals surface area contributed by atoms with Gasteiger partial charge in [0, 0.05) is 24.8 Å². The molecule has 0 spiro atoms. The van der Waals surface area contributed by atoms with Crippen molar-refractivity contribution >= 4 is 15.9 Å². The topological polar surface area (TPSA) is 38.7 Å². The minimum absolute atomic E-state index is 0.198. The lowest BCUT2D eigenvalue weighted by molar-refractivity contribution is 0.0588. The minimum Gasteiger partial charge on any atom is -0.396 e. The Labute approximate surface area is 117 Å². The number of aliphatic hydroxyl groups excluding tert-OH is 1. The molecular formula is C14H21BrO3. The SMILES string of the molecule is COCCOCCC(CO)Cc1ccc(Br)cc1. The molecule has 0 saturated heterocycles. The summed E-state index contributed by atoms with van der Waals surface area (Å²) in [5.41, 5.74) is 1.24. The van der Waals surface area contributed by atoms with Gasteiger partial charge < -0.3 is 14.6 Å². The molecular weight excluding hydrogens is 296 g/mol. The van der Waals surface area contributed by atoms with E-state index in [1.54, 1.807) is 7.11 Å². The molecule has 0 aromatic heterocycles. The average molecular weight is 317 g/mol.